The van der Waals surface area contributed by atoms with Crippen molar-refractivity contribution in [3.8, 4) is 6.07 Å². The maximum absolute atomic E-state index is 14.3. The smallest absolute Gasteiger partial charge is 0.173 e. The molecule has 0 fully saturated rings. The summed E-state index contributed by atoms with van der Waals surface area (Å²) >= 11 is 3.15. The summed E-state index contributed by atoms with van der Waals surface area (Å²) in [6.07, 6.45) is 3.93. The van der Waals surface area contributed by atoms with Gasteiger partial charge in [-0.15, -0.1) is 15.6 Å². The van der Waals surface area contributed by atoms with Gasteiger partial charge in [-0.3, -0.25) is 0 Å². The van der Waals surface area contributed by atoms with E-state index in [4.69, 9.17) is 9.38 Å². The fourth-order valence-corrected chi connectivity index (χ4v) is 5.18. The Kier molecular flexibility index (Phi) is 6.30. The minimum absolute atomic E-state index is 0.0920. The van der Waals surface area contributed by atoms with Crippen LogP contribution in [0, 0.1) is 18.3 Å². The SMILES string of the molecule is CSc1cc(C)c2[nH]ccc2c1/C(=N\SC(C)(C)C)c1nc2cc(C#N)ccc2n1SF. The largest absolute Gasteiger partial charge is 0.361 e. The van der Waals surface area contributed by atoms with E-state index >= 15 is 0 Å². The van der Waals surface area contributed by atoms with Crippen molar-refractivity contribution in [2.24, 2.45) is 4.40 Å². The predicted molar refractivity (Wildman–Crippen MR) is 136 cm³/mol. The minimum atomic E-state index is -0.138. The molecule has 164 valence electrons. The molecule has 0 unspecified atom stereocenters. The molecule has 4 rings (SSSR count). The summed E-state index contributed by atoms with van der Waals surface area (Å²) in [6.45, 7) is 8.32. The zero-order valence-electron chi connectivity index (χ0n) is 18.4. The van der Waals surface area contributed by atoms with E-state index in [0.717, 1.165) is 26.9 Å². The van der Waals surface area contributed by atoms with E-state index in [1.807, 2.05) is 18.5 Å². The van der Waals surface area contributed by atoms with Gasteiger partial charge in [0.25, 0.3) is 0 Å². The van der Waals surface area contributed by atoms with Gasteiger partial charge < -0.3 is 4.98 Å². The highest BCUT2D eigenvalue weighted by Crippen LogP contribution is 2.36. The van der Waals surface area contributed by atoms with Gasteiger partial charge >= 0.3 is 0 Å². The Morgan fingerprint density at radius 2 is 2.03 bits per heavy atom. The van der Waals surface area contributed by atoms with Crippen molar-refractivity contribution in [3.05, 3.63) is 59.0 Å². The minimum Gasteiger partial charge on any atom is -0.361 e. The fourth-order valence-electron chi connectivity index (χ4n) is 3.51. The normalized spacial score (nSPS) is 12.6. The van der Waals surface area contributed by atoms with Gasteiger partial charge in [-0.2, -0.15) is 5.26 Å². The molecular weight excluding hydrogens is 461 g/mol. The second-order valence-corrected chi connectivity index (χ2v) is 11.2. The summed E-state index contributed by atoms with van der Waals surface area (Å²) < 4.78 is 20.5. The molecule has 0 aliphatic rings. The zero-order valence-corrected chi connectivity index (χ0v) is 20.8. The molecule has 9 heteroatoms. The number of thioether (sulfide) groups is 1. The molecule has 2 aromatic carbocycles. The molecule has 0 aliphatic heterocycles. The number of nitrogens with zero attached hydrogens (tertiary/aromatic N) is 4. The molecule has 0 saturated carbocycles. The van der Waals surface area contributed by atoms with Crippen molar-refractivity contribution >= 4 is 63.7 Å². The van der Waals surface area contributed by atoms with Crippen molar-refractivity contribution in [1.82, 2.24) is 13.9 Å². The lowest BCUT2D eigenvalue weighted by Gasteiger charge is -2.17. The van der Waals surface area contributed by atoms with Gasteiger partial charge in [-0.1, -0.05) is 0 Å². The molecule has 0 atom stereocenters. The van der Waals surface area contributed by atoms with Crippen LogP contribution in [-0.4, -0.2) is 30.7 Å². The highest BCUT2D eigenvalue weighted by Gasteiger charge is 2.25. The highest BCUT2D eigenvalue weighted by molar-refractivity contribution is 7.99. The second-order valence-electron chi connectivity index (χ2n) is 8.29. The lowest BCUT2D eigenvalue weighted by Crippen LogP contribution is -2.13. The molecule has 4 aromatic rings. The first kappa shape index (κ1) is 22.8. The monoisotopic (exact) mass is 483 g/mol. The average molecular weight is 484 g/mol. The first-order valence-electron chi connectivity index (χ1n) is 9.90. The lowest BCUT2D eigenvalue weighted by molar-refractivity contribution is 0.804. The van der Waals surface area contributed by atoms with Crippen molar-refractivity contribution < 1.29 is 3.89 Å². The first-order chi connectivity index (χ1) is 15.3. The number of fused-ring (bicyclic) bond motifs is 2. The Hall–Kier alpha value is -2.41. The third-order valence-electron chi connectivity index (χ3n) is 4.90. The van der Waals surface area contributed by atoms with E-state index < -0.39 is 0 Å². The molecule has 2 aromatic heterocycles. The van der Waals surface area contributed by atoms with E-state index in [2.05, 4.69) is 44.8 Å². The number of hydrogen-bond acceptors (Lipinski definition) is 6. The molecule has 0 saturated heterocycles. The number of rotatable bonds is 5. The number of hydrogen-bond donors (Lipinski definition) is 1. The maximum Gasteiger partial charge on any atom is 0.173 e. The van der Waals surface area contributed by atoms with Crippen molar-refractivity contribution in [3.63, 3.8) is 0 Å². The predicted octanol–water partition coefficient (Wildman–Crippen LogP) is 7.08. The Morgan fingerprint density at radius 3 is 2.69 bits per heavy atom. The quantitative estimate of drug-likeness (QED) is 0.186. The molecule has 0 bridgehead atoms. The van der Waals surface area contributed by atoms with E-state index in [9.17, 15) is 9.15 Å². The number of aromatic nitrogens is 3. The topological polar surface area (TPSA) is 69.8 Å². The van der Waals surface area contributed by atoms with Crippen molar-refractivity contribution in [2.75, 3.05) is 6.26 Å². The molecule has 0 aliphatic carbocycles. The molecular formula is C23H22FN5S3. The Labute approximate surface area is 199 Å². The second kappa shape index (κ2) is 8.85. The van der Waals surface area contributed by atoms with Gasteiger partial charge in [0.2, 0.25) is 0 Å². The fraction of sp³-hybridized carbons (Fsp3) is 0.261. The summed E-state index contributed by atoms with van der Waals surface area (Å²) in [7, 11) is 0. The van der Waals surface area contributed by atoms with E-state index in [1.54, 1.807) is 30.0 Å². The zero-order chi connectivity index (χ0) is 23.0. The summed E-state index contributed by atoms with van der Waals surface area (Å²) in [4.78, 5) is 9.11. The lowest BCUT2D eigenvalue weighted by atomic mass is 10.0. The number of halogens is 1. The van der Waals surface area contributed by atoms with Crippen molar-refractivity contribution in [2.45, 2.75) is 37.3 Å². The van der Waals surface area contributed by atoms with E-state index in [-0.39, 0.29) is 17.1 Å². The number of benzene rings is 2. The summed E-state index contributed by atoms with van der Waals surface area (Å²) in [5.41, 5.74) is 5.32. The van der Waals surface area contributed by atoms with E-state index in [1.165, 1.54) is 15.9 Å². The van der Waals surface area contributed by atoms with Crippen LogP contribution < -0.4 is 0 Å². The molecule has 32 heavy (non-hydrogen) atoms. The van der Waals surface area contributed by atoms with Crippen molar-refractivity contribution in [1.29, 1.82) is 5.26 Å². The Bertz CT molecular complexity index is 1390. The van der Waals surface area contributed by atoms with Crippen LogP contribution in [-0.2, 0) is 0 Å². The van der Waals surface area contributed by atoms with Gasteiger partial charge in [0, 0.05) is 32.3 Å². The third kappa shape index (κ3) is 4.15. The van der Waals surface area contributed by atoms with Crippen LogP contribution in [0.2, 0.25) is 0 Å². The van der Waals surface area contributed by atoms with Gasteiger partial charge in [-0.05, 0) is 81.8 Å². The van der Waals surface area contributed by atoms with Crippen LogP contribution in [0.25, 0.3) is 21.9 Å². The average Bonchev–Trinajstić information content (AvgIpc) is 3.38. The van der Waals surface area contributed by atoms with Crippen LogP contribution in [0.4, 0.5) is 3.89 Å². The van der Waals surface area contributed by atoms with Crippen LogP contribution >= 0.6 is 36.0 Å². The summed E-state index contributed by atoms with van der Waals surface area (Å²) in [5.74, 6) is 0.418. The van der Waals surface area contributed by atoms with Gasteiger partial charge in [0.1, 0.15) is 5.71 Å². The number of imidazole rings is 1. The number of aromatic amines is 1. The summed E-state index contributed by atoms with van der Waals surface area (Å²) in [6, 6.07) is 11.3. The number of H-pyrrole nitrogens is 1. The number of aryl methyl sites for hydroxylation is 1. The molecule has 2 heterocycles. The Balaban J connectivity index is 2.07. The number of nitriles is 1. The third-order valence-corrected chi connectivity index (χ3v) is 6.99. The van der Waals surface area contributed by atoms with E-state index in [0.29, 0.717) is 28.1 Å². The first-order valence-corrected chi connectivity index (χ1v) is 12.6. The van der Waals surface area contributed by atoms with Crippen LogP contribution in [0.3, 0.4) is 0 Å². The molecule has 5 nitrogen and oxygen atoms in total. The molecule has 0 spiro atoms. The van der Waals surface area contributed by atoms with Crippen LogP contribution in [0.1, 0.15) is 43.3 Å². The molecule has 0 amide bonds. The van der Waals surface area contributed by atoms with Gasteiger partial charge in [-0.25, -0.2) is 13.4 Å². The molecule has 0 radical (unpaired) electrons. The standard InChI is InChI=1S/C23H22FN5S3/c1-13-10-18(30-5)19(15-8-9-26-20(13)15)21(28-31-23(2,3)4)22-27-16-11-14(12-25)6-7-17(16)29(22)32-24/h6-11,26H,1-5H3/b28-21+. The number of nitrogens with one attached hydrogen (secondary N) is 1. The highest BCUT2D eigenvalue weighted by atomic mass is 32.2. The van der Waals surface area contributed by atoms with Gasteiger partial charge in [0.15, 0.2) is 18.2 Å². The molecule has 1 N–H and O–H groups in total. The van der Waals surface area contributed by atoms with Crippen LogP contribution in [0.5, 0.6) is 0 Å². The van der Waals surface area contributed by atoms with Gasteiger partial charge in [0.05, 0.1) is 22.7 Å². The summed E-state index contributed by atoms with van der Waals surface area (Å²) in [5, 5.41) is 10.3. The Morgan fingerprint density at radius 1 is 1.25 bits per heavy atom. The van der Waals surface area contributed by atoms with Crippen LogP contribution in [0.15, 0.2) is 45.8 Å². The maximum atomic E-state index is 14.3.